The van der Waals surface area contributed by atoms with E-state index in [2.05, 4.69) is 4.98 Å². The van der Waals surface area contributed by atoms with Gasteiger partial charge in [0.2, 0.25) is 10.0 Å². The summed E-state index contributed by atoms with van der Waals surface area (Å²) in [5, 5.41) is 0. The second-order valence-electron chi connectivity index (χ2n) is 4.87. The van der Waals surface area contributed by atoms with E-state index in [1.807, 2.05) is 32.0 Å². The van der Waals surface area contributed by atoms with Gasteiger partial charge in [0.1, 0.15) is 0 Å². The van der Waals surface area contributed by atoms with Crippen LogP contribution in [0, 0.1) is 0 Å². The topological polar surface area (TPSA) is 76.3 Å². The van der Waals surface area contributed by atoms with Crippen molar-refractivity contribution in [1.29, 1.82) is 0 Å². The molecule has 1 aromatic heterocycles. The van der Waals surface area contributed by atoms with Crippen LogP contribution in [0.25, 0.3) is 0 Å². The van der Waals surface area contributed by atoms with Crippen molar-refractivity contribution < 1.29 is 8.42 Å². The highest BCUT2D eigenvalue weighted by molar-refractivity contribution is 7.89. The third-order valence-corrected chi connectivity index (χ3v) is 5.16. The molecule has 1 heterocycles. The molecule has 6 heteroatoms. The molecule has 5 nitrogen and oxygen atoms in total. The van der Waals surface area contributed by atoms with Gasteiger partial charge in [-0.15, -0.1) is 0 Å². The van der Waals surface area contributed by atoms with Gasteiger partial charge in [-0.3, -0.25) is 4.98 Å². The van der Waals surface area contributed by atoms with E-state index in [0.717, 1.165) is 5.69 Å². The molecule has 102 valence electrons. The Balaban J connectivity index is 2.71. The van der Waals surface area contributed by atoms with Crippen LogP contribution < -0.4 is 5.73 Å². The average Bonchev–Trinajstić information content (AvgIpc) is 2.37. The molecule has 0 bridgehead atoms. The summed E-state index contributed by atoms with van der Waals surface area (Å²) in [7, 11) is -1.74. The number of nitrogens with zero attached hydrogens (tertiary/aromatic N) is 2. The summed E-state index contributed by atoms with van der Waals surface area (Å²) in [5.74, 6) is 0.0456. The highest BCUT2D eigenvalue weighted by Crippen LogP contribution is 2.16. The van der Waals surface area contributed by atoms with Gasteiger partial charge >= 0.3 is 0 Å². The van der Waals surface area contributed by atoms with Crippen LogP contribution in [0.3, 0.4) is 0 Å². The molecule has 0 aliphatic heterocycles. The molecule has 0 aliphatic rings. The van der Waals surface area contributed by atoms with Gasteiger partial charge in [-0.1, -0.05) is 6.07 Å². The normalized spacial score (nSPS) is 12.9. The molecule has 0 spiro atoms. The molecule has 0 radical (unpaired) electrons. The lowest BCUT2D eigenvalue weighted by molar-refractivity contribution is 0.274. The van der Waals surface area contributed by atoms with E-state index < -0.39 is 15.6 Å². The lowest BCUT2D eigenvalue weighted by Crippen LogP contribution is -2.50. The minimum atomic E-state index is -3.31. The first kappa shape index (κ1) is 15.1. The lowest BCUT2D eigenvalue weighted by Gasteiger charge is -2.33. The minimum absolute atomic E-state index is 0.0456. The molecule has 1 rings (SSSR count). The number of likely N-dealkylation sites (N-methyl/N-ethyl adjacent to an activating group) is 1. The van der Waals surface area contributed by atoms with Gasteiger partial charge in [-0.25, -0.2) is 8.42 Å². The molecule has 0 saturated heterocycles. The van der Waals surface area contributed by atoms with Crippen molar-refractivity contribution in [3.05, 3.63) is 30.1 Å². The SMILES string of the molecule is CN(C(C)(C)CN)S(=O)(=O)CCc1ccccn1. The van der Waals surface area contributed by atoms with Gasteiger partial charge in [0.15, 0.2) is 0 Å². The highest BCUT2D eigenvalue weighted by Gasteiger charge is 2.31. The zero-order valence-electron chi connectivity index (χ0n) is 11.1. The van der Waals surface area contributed by atoms with E-state index in [4.69, 9.17) is 5.73 Å². The molecule has 0 fully saturated rings. The smallest absolute Gasteiger partial charge is 0.214 e. The predicted octanol–water partition coefficient (Wildman–Crippen LogP) is 0.623. The first-order valence-corrected chi connectivity index (χ1v) is 7.47. The highest BCUT2D eigenvalue weighted by atomic mass is 32.2. The maximum Gasteiger partial charge on any atom is 0.214 e. The molecule has 0 atom stereocenters. The van der Waals surface area contributed by atoms with Gasteiger partial charge in [-0.05, 0) is 26.0 Å². The monoisotopic (exact) mass is 271 g/mol. The van der Waals surface area contributed by atoms with Crippen molar-refractivity contribution in [3.8, 4) is 0 Å². The Kier molecular flexibility index (Phi) is 4.84. The third kappa shape index (κ3) is 3.76. The van der Waals surface area contributed by atoms with Crippen molar-refractivity contribution >= 4 is 10.0 Å². The first-order chi connectivity index (χ1) is 8.29. The quantitative estimate of drug-likeness (QED) is 0.823. The molecular formula is C12H21N3O2S. The molecule has 0 unspecified atom stereocenters. The first-order valence-electron chi connectivity index (χ1n) is 5.86. The fourth-order valence-corrected chi connectivity index (χ4v) is 2.99. The Hall–Kier alpha value is -0.980. The van der Waals surface area contributed by atoms with Crippen LogP contribution in [0.1, 0.15) is 19.5 Å². The van der Waals surface area contributed by atoms with Crippen LogP contribution in [0.5, 0.6) is 0 Å². The Labute approximate surface area is 109 Å². The fourth-order valence-electron chi connectivity index (χ4n) is 1.42. The molecule has 1 aromatic rings. The van der Waals surface area contributed by atoms with Gasteiger partial charge in [0.05, 0.1) is 5.75 Å². The second kappa shape index (κ2) is 5.77. The Morgan fingerprint density at radius 3 is 2.56 bits per heavy atom. The number of aryl methyl sites for hydroxylation is 1. The molecule has 18 heavy (non-hydrogen) atoms. The Morgan fingerprint density at radius 2 is 2.06 bits per heavy atom. The van der Waals surface area contributed by atoms with Crippen molar-refractivity contribution in [1.82, 2.24) is 9.29 Å². The van der Waals surface area contributed by atoms with Gasteiger partial charge in [0, 0.05) is 37.4 Å². The molecule has 2 N–H and O–H groups in total. The second-order valence-corrected chi connectivity index (χ2v) is 6.99. The van der Waals surface area contributed by atoms with Gasteiger partial charge in [0.25, 0.3) is 0 Å². The van der Waals surface area contributed by atoms with E-state index in [-0.39, 0.29) is 12.3 Å². The minimum Gasteiger partial charge on any atom is -0.329 e. The average molecular weight is 271 g/mol. The van der Waals surface area contributed by atoms with Gasteiger partial charge < -0.3 is 5.73 Å². The van der Waals surface area contributed by atoms with Crippen molar-refractivity contribution in [2.24, 2.45) is 5.73 Å². The Morgan fingerprint density at radius 1 is 1.39 bits per heavy atom. The summed E-state index contributed by atoms with van der Waals surface area (Å²) in [6.07, 6.45) is 2.07. The zero-order chi connectivity index (χ0) is 13.8. The van der Waals surface area contributed by atoms with Crippen molar-refractivity contribution in [2.75, 3.05) is 19.3 Å². The summed E-state index contributed by atoms with van der Waals surface area (Å²) >= 11 is 0. The molecule has 0 aromatic carbocycles. The summed E-state index contributed by atoms with van der Waals surface area (Å²) in [4.78, 5) is 4.12. The molecular weight excluding hydrogens is 250 g/mol. The van der Waals surface area contributed by atoms with Gasteiger partial charge in [-0.2, -0.15) is 4.31 Å². The number of pyridine rings is 1. The van der Waals surface area contributed by atoms with Crippen LogP contribution >= 0.6 is 0 Å². The summed E-state index contributed by atoms with van der Waals surface area (Å²) in [6.45, 7) is 3.91. The number of sulfonamides is 1. The maximum absolute atomic E-state index is 12.2. The standard InChI is InChI=1S/C12H21N3O2S/c1-12(2,10-13)15(3)18(16,17)9-7-11-6-4-5-8-14-11/h4-6,8H,7,9-10,13H2,1-3H3. The number of hydrogen-bond acceptors (Lipinski definition) is 4. The zero-order valence-corrected chi connectivity index (χ0v) is 11.9. The number of hydrogen-bond donors (Lipinski definition) is 1. The van der Waals surface area contributed by atoms with Crippen LogP contribution in [0.15, 0.2) is 24.4 Å². The van der Waals surface area contributed by atoms with Crippen LogP contribution in [0.4, 0.5) is 0 Å². The van der Waals surface area contributed by atoms with E-state index in [9.17, 15) is 8.42 Å². The third-order valence-electron chi connectivity index (χ3n) is 3.11. The molecule has 0 amide bonds. The van der Waals surface area contributed by atoms with Crippen LogP contribution in [-0.2, 0) is 16.4 Å². The summed E-state index contributed by atoms with van der Waals surface area (Å²) in [6, 6.07) is 5.48. The number of rotatable bonds is 6. The van der Waals surface area contributed by atoms with E-state index in [1.54, 1.807) is 13.2 Å². The van der Waals surface area contributed by atoms with E-state index in [0.29, 0.717) is 6.42 Å². The summed E-state index contributed by atoms with van der Waals surface area (Å²) in [5.41, 5.74) is 5.80. The van der Waals surface area contributed by atoms with Crippen molar-refractivity contribution in [3.63, 3.8) is 0 Å². The molecule has 0 saturated carbocycles. The Bertz CT molecular complexity index is 471. The summed E-state index contributed by atoms with van der Waals surface area (Å²) < 4.78 is 25.7. The van der Waals surface area contributed by atoms with Crippen LogP contribution in [0.2, 0.25) is 0 Å². The predicted molar refractivity (Wildman–Crippen MR) is 72.6 cm³/mol. The van der Waals surface area contributed by atoms with Crippen LogP contribution in [-0.4, -0.2) is 42.6 Å². The number of nitrogens with two attached hydrogens (primary N) is 1. The van der Waals surface area contributed by atoms with E-state index >= 15 is 0 Å². The number of aromatic nitrogens is 1. The lowest BCUT2D eigenvalue weighted by atomic mass is 10.1. The maximum atomic E-state index is 12.2. The largest absolute Gasteiger partial charge is 0.329 e. The van der Waals surface area contributed by atoms with Crippen molar-refractivity contribution in [2.45, 2.75) is 25.8 Å². The fraction of sp³-hybridized carbons (Fsp3) is 0.583. The van der Waals surface area contributed by atoms with E-state index in [1.165, 1.54) is 4.31 Å². The molecule has 0 aliphatic carbocycles.